The number of ether oxygens (including phenoxy) is 1. The summed E-state index contributed by atoms with van der Waals surface area (Å²) in [6, 6.07) is 25.7. The summed E-state index contributed by atoms with van der Waals surface area (Å²) in [4.78, 5) is 8.60. The first-order chi connectivity index (χ1) is 21.4. The molecule has 0 radical (unpaired) electrons. The molecule has 1 aliphatic rings. The van der Waals surface area contributed by atoms with E-state index >= 15 is 0 Å². The molecule has 1 aromatic heterocycles. The lowest BCUT2D eigenvalue weighted by Gasteiger charge is -2.49. The van der Waals surface area contributed by atoms with E-state index in [4.69, 9.17) is 9.16 Å². The van der Waals surface area contributed by atoms with Crippen LogP contribution in [0.25, 0.3) is 0 Å². The van der Waals surface area contributed by atoms with Gasteiger partial charge in [0.2, 0.25) is 5.88 Å². The van der Waals surface area contributed by atoms with Crippen LogP contribution in [0.3, 0.4) is 0 Å². The van der Waals surface area contributed by atoms with Gasteiger partial charge in [0.05, 0.1) is 12.7 Å². The lowest BCUT2D eigenvalue weighted by molar-refractivity contribution is 0.0680. The van der Waals surface area contributed by atoms with E-state index in [1.54, 1.807) is 6.92 Å². The summed E-state index contributed by atoms with van der Waals surface area (Å²) >= 11 is 1.04. The number of aromatic nitrogens is 2. The summed E-state index contributed by atoms with van der Waals surface area (Å²) in [6.45, 7) is 8.94. The highest BCUT2D eigenvalue weighted by molar-refractivity contribution is 7.98. The average Bonchev–Trinajstić information content (AvgIpc) is 2.97. The van der Waals surface area contributed by atoms with Gasteiger partial charge in [0.25, 0.3) is 8.32 Å². The lowest BCUT2D eigenvalue weighted by Crippen LogP contribution is -2.71. The first kappa shape index (κ1) is 33.0. The van der Waals surface area contributed by atoms with Crippen molar-refractivity contribution in [2.75, 3.05) is 24.4 Å². The highest BCUT2D eigenvalue weighted by Crippen LogP contribution is 2.39. The number of nitrogens with zero attached hydrogens (tertiary/aromatic N) is 3. The molecule has 238 valence electrons. The monoisotopic (exact) mass is 670 g/mol. The van der Waals surface area contributed by atoms with E-state index in [0.29, 0.717) is 6.61 Å². The molecule has 0 atom stereocenters. The summed E-state index contributed by atoms with van der Waals surface area (Å²) in [5.74, 6) is -1.69. The minimum absolute atomic E-state index is 0.00650. The minimum Gasteiger partial charge on any atom is -0.478 e. The summed E-state index contributed by atoms with van der Waals surface area (Å²) in [7, 11) is -6.85. The third kappa shape index (κ3) is 7.22. The van der Waals surface area contributed by atoms with Gasteiger partial charge in [-0.25, -0.2) is 13.8 Å². The summed E-state index contributed by atoms with van der Waals surface area (Å²) in [5.41, 5.74) is 0.139. The van der Waals surface area contributed by atoms with E-state index in [9.17, 15) is 17.2 Å². The second kappa shape index (κ2) is 13.6. The van der Waals surface area contributed by atoms with Crippen molar-refractivity contribution in [2.24, 2.45) is 0 Å². The molecule has 0 bridgehead atoms. The molecule has 8 nitrogen and oxygen atoms in total. The van der Waals surface area contributed by atoms with Gasteiger partial charge in [0, 0.05) is 30.5 Å². The Balaban J connectivity index is 1.33. The maximum Gasteiger partial charge on any atom is 0.302 e. The summed E-state index contributed by atoms with van der Waals surface area (Å²) in [6.07, 6.45) is -0.315. The van der Waals surface area contributed by atoms with Crippen LogP contribution in [0.15, 0.2) is 90.1 Å². The predicted molar refractivity (Wildman–Crippen MR) is 176 cm³/mol. The van der Waals surface area contributed by atoms with Crippen molar-refractivity contribution in [3.63, 3.8) is 0 Å². The van der Waals surface area contributed by atoms with Crippen LogP contribution in [-0.4, -0.2) is 56.8 Å². The molecule has 3 aromatic carbocycles. The van der Waals surface area contributed by atoms with Crippen molar-refractivity contribution in [1.29, 1.82) is 0 Å². The first-order valence-electron chi connectivity index (χ1n) is 14.6. The van der Waals surface area contributed by atoms with Crippen molar-refractivity contribution >= 4 is 46.5 Å². The molecule has 45 heavy (non-hydrogen) atoms. The van der Waals surface area contributed by atoms with Crippen LogP contribution in [0.1, 0.15) is 33.3 Å². The number of hydrogen-bond acceptors (Lipinski definition) is 7. The van der Waals surface area contributed by atoms with Gasteiger partial charge in [-0.1, -0.05) is 105 Å². The van der Waals surface area contributed by atoms with Crippen LogP contribution < -0.4 is 19.8 Å². The maximum absolute atomic E-state index is 14.2. The Labute approximate surface area is 268 Å². The Hall–Kier alpha value is -3.36. The second-order valence-electron chi connectivity index (χ2n) is 11.6. The molecular formula is C32H36F2N4O4S2Si. The Morgan fingerprint density at radius 1 is 0.956 bits per heavy atom. The van der Waals surface area contributed by atoms with Crippen LogP contribution in [0, 0.1) is 11.6 Å². The van der Waals surface area contributed by atoms with Gasteiger partial charge in [-0.3, -0.25) is 4.72 Å². The van der Waals surface area contributed by atoms with Crippen LogP contribution in [0.4, 0.5) is 14.6 Å². The van der Waals surface area contributed by atoms with Gasteiger partial charge >= 0.3 is 10.2 Å². The van der Waals surface area contributed by atoms with Crippen molar-refractivity contribution in [1.82, 2.24) is 14.3 Å². The van der Waals surface area contributed by atoms with Crippen LogP contribution in [-0.2, 0) is 20.4 Å². The van der Waals surface area contributed by atoms with E-state index in [2.05, 4.69) is 59.7 Å². The highest BCUT2D eigenvalue weighted by Gasteiger charge is 2.53. The van der Waals surface area contributed by atoms with Gasteiger partial charge in [-0.05, 0) is 28.4 Å². The van der Waals surface area contributed by atoms with Gasteiger partial charge in [0.15, 0.2) is 16.8 Å². The fraction of sp³-hybridized carbons (Fsp3) is 0.312. The highest BCUT2D eigenvalue weighted by atomic mass is 32.2. The molecule has 0 saturated carbocycles. The zero-order chi connectivity index (χ0) is 32.2. The molecule has 5 rings (SSSR count). The quantitative estimate of drug-likeness (QED) is 0.123. The third-order valence-corrected chi connectivity index (χ3v) is 14.9. The van der Waals surface area contributed by atoms with E-state index in [0.717, 1.165) is 28.2 Å². The van der Waals surface area contributed by atoms with Gasteiger partial charge in [0.1, 0.15) is 5.82 Å². The molecule has 1 fully saturated rings. The number of benzene rings is 3. The van der Waals surface area contributed by atoms with E-state index < -0.39 is 30.2 Å². The molecule has 1 aliphatic heterocycles. The Morgan fingerprint density at radius 3 is 2.16 bits per heavy atom. The molecule has 0 unspecified atom stereocenters. The fourth-order valence-corrected chi connectivity index (χ4v) is 12.1. The number of hydrogen-bond donors (Lipinski definition) is 1. The second-order valence-corrected chi connectivity index (χ2v) is 18.5. The zero-order valence-electron chi connectivity index (χ0n) is 25.5. The smallest absolute Gasteiger partial charge is 0.302 e. The molecule has 0 spiro atoms. The largest absolute Gasteiger partial charge is 0.478 e. The average molecular weight is 671 g/mol. The van der Waals surface area contributed by atoms with Crippen molar-refractivity contribution in [3.8, 4) is 5.88 Å². The van der Waals surface area contributed by atoms with Gasteiger partial charge in [-0.2, -0.15) is 17.7 Å². The first-order valence-corrected chi connectivity index (χ1v) is 18.9. The minimum atomic E-state index is -4.00. The molecule has 1 N–H and O–H groups in total. The van der Waals surface area contributed by atoms with E-state index in [1.165, 1.54) is 22.5 Å². The molecule has 0 amide bonds. The Morgan fingerprint density at radius 2 is 1.58 bits per heavy atom. The van der Waals surface area contributed by atoms with Crippen molar-refractivity contribution < 1.29 is 26.4 Å². The number of anilines is 1. The molecule has 4 aromatic rings. The van der Waals surface area contributed by atoms with Crippen molar-refractivity contribution in [3.05, 3.63) is 102 Å². The summed E-state index contributed by atoms with van der Waals surface area (Å²) in [5, 5.41) is 2.15. The number of thioether (sulfide) groups is 1. The Bertz CT molecular complexity index is 1680. The Kier molecular flexibility index (Phi) is 9.94. The summed E-state index contributed by atoms with van der Waals surface area (Å²) < 4.78 is 71.1. The van der Waals surface area contributed by atoms with Crippen LogP contribution >= 0.6 is 11.8 Å². The third-order valence-electron chi connectivity index (χ3n) is 7.51. The maximum atomic E-state index is 14.2. The molecular weight excluding hydrogens is 635 g/mol. The van der Waals surface area contributed by atoms with Crippen LogP contribution in [0.5, 0.6) is 5.88 Å². The number of halogens is 2. The number of rotatable bonds is 12. The zero-order valence-corrected chi connectivity index (χ0v) is 28.2. The topological polar surface area (TPSA) is 93.7 Å². The molecule has 13 heteroatoms. The molecule has 1 saturated heterocycles. The fourth-order valence-electron chi connectivity index (χ4n) is 5.35. The molecule has 0 aliphatic carbocycles. The van der Waals surface area contributed by atoms with Crippen molar-refractivity contribution in [2.45, 2.75) is 49.7 Å². The standard InChI is InChI=1S/C32H36F2N4O4S2Si/c1-5-41-29-19-28(35-31(36-29)43-22-23-13-12-18-27(33)30(23)34)37-44(39,40)38-20-24(21-38)42-45(32(2,3)4,25-14-8-6-9-15-25)26-16-10-7-11-17-26/h6-19,24H,5,20-22H2,1-4H3,(H,35,36,37). The van der Waals surface area contributed by atoms with Gasteiger partial charge < -0.3 is 9.16 Å². The normalized spacial score (nSPS) is 14.6. The molecule has 2 heterocycles. The number of nitrogens with one attached hydrogen (secondary N) is 1. The van der Waals surface area contributed by atoms with E-state index in [1.807, 2.05) is 36.4 Å². The van der Waals surface area contributed by atoms with Crippen LogP contribution in [0.2, 0.25) is 5.04 Å². The van der Waals surface area contributed by atoms with E-state index in [-0.39, 0.29) is 52.4 Å². The SMILES string of the molecule is CCOc1cc(NS(=O)(=O)N2CC(O[Si](c3ccccc3)(c3ccccc3)C(C)(C)C)C2)nc(SCc2cccc(F)c2F)n1. The lowest BCUT2D eigenvalue weighted by atomic mass is 10.2. The van der Waals surface area contributed by atoms with Gasteiger partial charge in [-0.15, -0.1) is 0 Å². The predicted octanol–water partition coefficient (Wildman–Crippen LogP) is 5.36.